The summed E-state index contributed by atoms with van der Waals surface area (Å²) in [5.74, 6) is 0.206. The van der Waals surface area contributed by atoms with E-state index in [4.69, 9.17) is 4.42 Å². The fraction of sp³-hybridized carbons (Fsp3) is 0.0526. The summed E-state index contributed by atoms with van der Waals surface area (Å²) in [4.78, 5) is 0. The minimum Gasteiger partial charge on any atom is -0.456 e. The van der Waals surface area contributed by atoms with Crippen LogP contribution in [0.5, 0.6) is 0 Å². The fourth-order valence-corrected chi connectivity index (χ4v) is 7.06. The fourth-order valence-electron chi connectivity index (χ4n) is 7.06. The van der Waals surface area contributed by atoms with Gasteiger partial charge in [-0.05, 0) is 77.2 Å². The summed E-state index contributed by atoms with van der Waals surface area (Å²) in [6.07, 6.45) is 0. The van der Waals surface area contributed by atoms with Gasteiger partial charge in [-0.15, -0.1) is 0 Å². The van der Waals surface area contributed by atoms with E-state index in [0.29, 0.717) is 0 Å². The van der Waals surface area contributed by atoms with Gasteiger partial charge in [0.1, 0.15) is 11.2 Å². The predicted octanol–water partition coefficient (Wildman–Crippen LogP) is 10.2. The molecule has 2 heteroatoms. The van der Waals surface area contributed by atoms with E-state index < -0.39 is 0 Å². The SMILES string of the molecule is Cc1ccc2oc3ccc4c5ccccc5n(-c5cccc(C6c7ccccc7-c7ccccc76)c5)c4c3c2c1. The molecule has 2 nitrogen and oxygen atoms in total. The number of furan rings is 1. The van der Waals surface area contributed by atoms with E-state index >= 15 is 0 Å². The largest absolute Gasteiger partial charge is 0.456 e. The maximum Gasteiger partial charge on any atom is 0.137 e. The van der Waals surface area contributed by atoms with Crippen LogP contribution in [-0.4, -0.2) is 4.57 Å². The van der Waals surface area contributed by atoms with Gasteiger partial charge in [-0.3, -0.25) is 0 Å². The molecule has 0 N–H and O–H groups in total. The van der Waals surface area contributed by atoms with Gasteiger partial charge in [0.05, 0.1) is 16.4 Å². The normalized spacial score (nSPS) is 13.0. The third kappa shape index (κ3) is 2.88. The van der Waals surface area contributed by atoms with Gasteiger partial charge in [-0.1, -0.05) is 90.5 Å². The van der Waals surface area contributed by atoms with Gasteiger partial charge in [-0.25, -0.2) is 0 Å². The van der Waals surface area contributed by atoms with Crippen LogP contribution >= 0.6 is 0 Å². The van der Waals surface area contributed by atoms with Crippen LogP contribution in [0.2, 0.25) is 0 Å². The Morgan fingerprint density at radius 2 is 1.30 bits per heavy atom. The second kappa shape index (κ2) is 7.97. The molecule has 8 aromatic rings. The third-order valence-corrected chi connectivity index (χ3v) is 8.72. The van der Waals surface area contributed by atoms with Crippen LogP contribution in [0.25, 0.3) is 60.6 Å². The van der Waals surface area contributed by atoms with E-state index in [1.54, 1.807) is 0 Å². The van der Waals surface area contributed by atoms with E-state index in [1.165, 1.54) is 71.6 Å². The molecule has 0 unspecified atom stereocenters. The van der Waals surface area contributed by atoms with E-state index in [-0.39, 0.29) is 5.92 Å². The average Bonchev–Trinajstić information content (AvgIpc) is 3.64. The Labute approximate surface area is 231 Å². The first kappa shape index (κ1) is 21.8. The number of para-hydroxylation sites is 1. The van der Waals surface area contributed by atoms with Crippen molar-refractivity contribution in [2.45, 2.75) is 12.8 Å². The molecule has 1 aliphatic carbocycles. The molecule has 0 atom stereocenters. The van der Waals surface area contributed by atoms with Gasteiger partial charge >= 0.3 is 0 Å². The minimum absolute atomic E-state index is 0.206. The number of fused-ring (bicyclic) bond motifs is 10. The van der Waals surface area contributed by atoms with Crippen LogP contribution in [0.15, 0.2) is 132 Å². The van der Waals surface area contributed by atoms with Crippen molar-refractivity contribution in [1.29, 1.82) is 0 Å². The highest BCUT2D eigenvalue weighted by molar-refractivity contribution is 6.24. The molecule has 188 valence electrons. The Morgan fingerprint density at radius 1 is 0.575 bits per heavy atom. The summed E-state index contributed by atoms with van der Waals surface area (Å²) < 4.78 is 8.82. The molecular formula is C38H25NO. The molecule has 6 aromatic carbocycles. The summed E-state index contributed by atoms with van der Waals surface area (Å²) in [6, 6.07) is 46.4. The van der Waals surface area contributed by atoms with Crippen molar-refractivity contribution in [3.63, 3.8) is 0 Å². The monoisotopic (exact) mass is 511 g/mol. The van der Waals surface area contributed by atoms with Crippen molar-refractivity contribution < 1.29 is 4.42 Å². The zero-order valence-corrected chi connectivity index (χ0v) is 22.1. The lowest BCUT2D eigenvalue weighted by atomic mass is 9.89. The Kier molecular flexibility index (Phi) is 4.34. The van der Waals surface area contributed by atoms with Crippen molar-refractivity contribution in [1.82, 2.24) is 4.57 Å². The maximum atomic E-state index is 6.37. The van der Waals surface area contributed by atoms with Gasteiger partial charge in [-0.2, -0.15) is 0 Å². The lowest BCUT2D eigenvalue weighted by Crippen LogP contribution is -2.01. The summed E-state index contributed by atoms with van der Waals surface area (Å²) in [7, 11) is 0. The highest BCUT2D eigenvalue weighted by Crippen LogP contribution is 2.48. The lowest BCUT2D eigenvalue weighted by Gasteiger charge is -2.17. The smallest absolute Gasteiger partial charge is 0.137 e. The number of nitrogens with zero attached hydrogens (tertiary/aromatic N) is 1. The molecule has 2 aromatic heterocycles. The molecule has 0 saturated heterocycles. The van der Waals surface area contributed by atoms with Crippen LogP contribution in [-0.2, 0) is 0 Å². The summed E-state index contributed by atoms with van der Waals surface area (Å²) >= 11 is 0. The number of aromatic nitrogens is 1. The molecular weight excluding hydrogens is 486 g/mol. The first-order valence-electron chi connectivity index (χ1n) is 13.9. The number of hydrogen-bond acceptors (Lipinski definition) is 1. The molecule has 0 saturated carbocycles. The molecule has 9 rings (SSSR count). The quantitative estimate of drug-likeness (QED) is 0.226. The third-order valence-electron chi connectivity index (χ3n) is 8.72. The highest BCUT2D eigenvalue weighted by Gasteiger charge is 2.29. The molecule has 40 heavy (non-hydrogen) atoms. The van der Waals surface area contributed by atoms with Crippen molar-refractivity contribution >= 4 is 43.7 Å². The zero-order valence-electron chi connectivity index (χ0n) is 22.1. The average molecular weight is 512 g/mol. The van der Waals surface area contributed by atoms with E-state index in [0.717, 1.165) is 11.2 Å². The zero-order chi connectivity index (χ0) is 26.4. The predicted molar refractivity (Wildman–Crippen MR) is 166 cm³/mol. The first-order chi connectivity index (χ1) is 19.8. The van der Waals surface area contributed by atoms with Gasteiger partial charge in [0.2, 0.25) is 0 Å². The highest BCUT2D eigenvalue weighted by atomic mass is 16.3. The maximum absolute atomic E-state index is 6.37. The van der Waals surface area contributed by atoms with Crippen LogP contribution in [0.1, 0.15) is 28.2 Å². The minimum atomic E-state index is 0.206. The second-order valence-corrected chi connectivity index (χ2v) is 11.0. The summed E-state index contributed by atoms with van der Waals surface area (Å²) in [5.41, 5.74) is 13.4. The topological polar surface area (TPSA) is 18.1 Å². The number of hydrogen-bond donors (Lipinski definition) is 0. The first-order valence-corrected chi connectivity index (χ1v) is 13.9. The van der Waals surface area contributed by atoms with Crippen molar-refractivity contribution in [2.24, 2.45) is 0 Å². The molecule has 0 amide bonds. The Balaban J connectivity index is 1.37. The van der Waals surface area contributed by atoms with Crippen LogP contribution < -0.4 is 0 Å². The summed E-state index contributed by atoms with van der Waals surface area (Å²) in [6.45, 7) is 2.15. The number of benzene rings is 6. The van der Waals surface area contributed by atoms with E-state index in [1.807, 2.05) is 0 Å². The molecule has 2 heterocycles. The lowest BCUT2D eigenvalue weighted by molar-refractivity contribution is 0.669. The van der Waals surface area contributed by atoms with Crippen molar-refractivity contribution in [3.8, 4) is 16.8 Å². The van der Waals surface area contributed by atoms with Crippen LogP contribution in [0.4, 0.5) is 0 Å². The van der Waals surface area contributed by atoms with E-state index in [9.17, 15) is 0 Å². The van der Waals surface area contributed by atoms with Gasteiger partial charge in [0.15, 0.2) is 0 Å². The van der Waals surface area contributed by atoms with Crippen molar-refractivity contribution in [2.75, 3.05) is 0 Å². The van der Waals surface area contributed by atoms with Gasteiger partial charge < -0.3 is 8.98 Å². The molecule has 0 spiro atoms. The standard InChI is InChI=1S/C38H25NO/c1-23-17-19-34-32(21-23)37-35(40-34)20-18-31-28-13-6-7-16-33(28)39(38(31)37)25-10-8-9-24(22-25)36-29-14-4-2-11-26(29)27-12-3-5-15-30(27)36/h2-22,36H,1H3. The van der Waals surface area contributed by atoms with Crippen molar-refractivity contribution in [3.05, 3.63) is 150 Å². The number of rotatable bonds is 2. The van der Waals surface area contributed by atoms with Gasteiger partial charge in [0, 0.05) is 27.8 Å². The second-order valence-electron chi connectivity index (χ2n) is 11.0. The summed E-state index contributed by atoms with van der Waals surface area (Å²) in [5, 5.41) is 4.84. The van der Waals surface area contributed by atoms with Crippen LogP contribution in [0.3, 0.4) is 0 Å². The molecule has 0 aliphatic heterocycles. The Bertz CT molecular complexity index is 2250. The van der Waals surface area contributed by atoms with Crippen LogP contribution in [0, 0.1) is 6.92 Å². The van der Waals surface area contributed by atoms with E-state index in [2.05, 4.69) is 139 Å². The Hall–Kier alpha value is -5.08. The Morgan fingerprint density at radius 3 is 2.12 bits per heavy atom. The number of aryl methyl sites for hydroxylation is 1. The van der Waals surface area contributed by atoms with Gasteiger partial charge in [0.25, 0.3) is 0 Å². The molecule has 0 bridgehead atoms. The molecule has 1 aliphatic rings. The molecule has 0 radical (unpaired) electrons. The molecule has 0 fully saturated rings.